The van der Waals surface area contributed by atoms with Crippen molar-refractivity contribution in [2.75, 3.05) is 6.61 Å². The second-order valence-electron chi connectivity index (χ2n) is 3.16. The number of hydrogen-bond acceptors (Lipinski definition) is 2. The van der Waals surface area contributed by atoms with Crippen LogP contribution in [-0.4, -0.2) is 12.6 Å². The van der Waals surface area contributed by atoms with Crippen LogP contribution in [0.4, 0.5) is 17.6 Å². The summed E-state index contributed by atoms with van der Waals surface area (Å²) >= 11 is 0. The van der Waals surface area contributed by atoms with Crippen LogP contribution in [0.25, 0.3) is 0 Å². The van der Waals surface area contributed by atoms with Crippen molar-refractivity contribution in [2.45, 2.75) is 13.1 Å². The predicted molar refractivity (Wildman–Crippen MR) is 54.9 cm³/mol. The van der Waals surface area contributed by atoms with Crippen LogP contribution in [0, 0.1) is 17.7 Å². The van der Waals surface area contributed by atoms with Crippen molar-refractivity contribution in [3.63, 3.8) is 0 Å². The van der Waals surface area contributed by atoms with Gasteiger partial charge in [-0.3, -0.25) is 0 Å². The van der Waals surface area contributed by atoms with Gasteiger partial charge < -0.3 is 4.74 Å². The van der Waals surface area contributed by atoms with Crippen LogP contribution in [-0.2, 0) is 15.7 Å². The van der Waals surface area contributed by atoms with Crippen LogP contribution >= 0.6 is 0 Å². The molecule has 1 rings (SSSR count). The summed E-state index contributed by atoms with van der Waals surface area (Å²) in [6, 6.07) is 1.80. The molecule has 0 saturated heterocycles. The van der Waals surface area contributed by atoms with E-state index in [1.54, 1.807) is 6.92 Å². The molecule has 0 aliphatic rings. The number of rotatable bonds is 1. The van der Waals surface area contributed by atoms with Crippen molar-refractivity contribution in [1.29, 1.82) is 0 Å². The van der Waals surface area contributed by atoms with Crippen molar-refractivity contribution < 1.29 is 27.1 Å². The molecule has 96 valence electrons. The van der Waals surface area contributed by atoms with Crippen LogP contribution < -0.4 is 0 Å². The molecule has 0 amide bonds. The third-order valence-electron chi connectivity index (χ3n) is 1.87. The zero-order valence-corrected chi connectivity index (χ0v) is 9.27. The van der Waals surface area contributed by atoms with Gasteiger partial charge in [-0.05, 0) is 25.1 Å². The number of hydrogen-bond donors (Lipinski definition) is 0. The van der Waals surface area contributed by atoms with Gasteiger partial charge in [0, 0.05) is 5.92 Å². The first-order valence-electron chi connectivity index (χ1n) is 4.90. The maximum Gasteiger partial charge on any atom is 0.416 e. The zero-order chi connectivity index (χ0) is 13.8. The topological polar surface area (TPSA) is 26.3 Å². The summed E-state index contributed by atoms with van der Waals surface area (Å²) in [6.45, 7) is 1.63. The molecule has 0 radical (unpaired) electrons. The Labute approximate surface area is 101 Å². The van der Waals surface area contributed by atoms with Gasteiger partial charge in [-0.2, -0.15) is 13.2 Å². The van der Waals surface area contributed by atoms with Crippen molar-refractivity contribution in [3.05, 3.63) is 35.1 Å². The van der Waals surface area contributed by atoms with E-state index in [2.05, 4.69) is 4.74 Å². The lowest BCUT2D eigenvalue weighted by atomic mass is 10.1. The van der Waals surface area contributed by atoms with Gasteiger partial charge in [-0.1, -0.05) is 5.92 Å². The molecule has 0 heterocycles. The Morgan fingerprint density at radius 3 is 2.61 bits per heavy atom. The molecule has 0 saturated carbocycles. The normalized spacial score (nSPS) is 10.5. The summed E-state index contributed by atoms with van der Waals surface area (Å²) in [5.41, 5.74) is -1.53. The van der Waals surface area contributed by atoms with E-state index in [-0.39, 0.29) is 6.61 Å². The van der Waals surface area contributed by atoms with Crippen molar-refractivity contribution in [3.8, 4) is 11.8 Å². The summed E-state index contributed by atoms with van der Waals surface area (Å²) in [4.78, 5) is 10.9. The SMILES string of the molecule is CCOC(=O)C#Cc1cc(C(F)(F)F)ccc1F. The molecule has 1 aromatic carbocycles. The van der Waals surface area contributed by atoms with E-state index in [1.165, 1.54) is 0 Å². The van der Waals surface area contributed by atoms with Crippen LogP contribution in [0.15, 0.2) is 18.2 Å². The quantitative estimate of drug-likeness (QED) is 0.441. The highest BCUT2D eigenvalue weighted by Crippen LogP contribution is 2.30. The molecule has 0 aliphatic carbocycles. The number of halogens is 4. The fourth-order valence-corrected chi connectivity index (χ4v) is 1.08. The Hall–Kier alpha value is -2.03. The Kier molecular flexibility index (Phi) is 4.32. The van der Waals surface area contributed by atoms with Crippen LogP contribution in [0.5, 0.6) is 0 Å². The van der Waals surface area contributed by atoms with Crippen LogP contribution in [0.3, 0.4) is 0 Å². The van der Waals surface area contributed by atoms with Crippen LogP contribution in [0.2, 0.25) is 0 Å². The van der Waals surface area contributed by atoms with Gasteiger partial charge in [-0.25, -0.2) is 9.18 Å². The molecule has 0 unspecified atom stereocenters. The standard InChI is InChI=1S/C12H8F4O2/c1-2-18-11(17)6-3-8-7-9(12(14,15)16)4-5-10(8)13/h4-5,7H,2H2,1H3. The van der Waals surface area contributed by atoms with E-state index in [0.717, 1.165) is 0 Å². The van der Waals surface area contributed by atoms with E-state index in [0.29, 0.717) is 18.2 Å². The number of alkyl halides is 3. The highest BCUT2D eigenvalue weighted by atomic mass is 19.4. The lowest BCUT2D eigenvalue weighted by Crippen LogP contribution is -2.06. The molecule has 0 atom stereocenters. The van der Waals surface area contributed by atoms with Gasteiger partial charge in [0.05, 0.1) is 17.7 Å². The summed E-state index contributed by atoms with van der Waals surface area (Å²) < 4.78 is 54.7. The van der Waals surface area contributed by atoms with Crippen molar-refractivity contribution in [1.82, 2.24) is 0 Å². The third-order valence-corrected chi connectivity index (χ3v) is 1.87. The number of ether oxygens (including phenoxy) is 1. The highest BCUT2D eigenvalue weighted by molar-refractivity contribution is 5.89. The molecule has 1 aromatic rings. The number of esters is 1. The van der Waals surface area contributed by atoms with Crippen molar-refractivity contribution in [2.24, 2.45) is 0 Å². The Bertz CT molecular complexity index is 509. The van der Waals surface area contributed by atoms with Gasteiger partial charge in [0.1, 0.15) is 5.82 Å². The van der Waals surface area contributed by atoms with E-state index in [4.69, 9.17) is 0 Å². The minimum atomic E-state index is -4.59. The van der Waals surface area contributed by atoms with E-state index < -0.39 is 29.1 Å². The molecular weight excluding hydrogens is 252 g/mol. The fourth-order valence-electron chi connectivity index (χ4n) is 1.08. The van der Waals surface area contributed by atoms with Gasteiger partial charge in [0.2, 0.25) is 0 Å². The van der Waals surface area contributed by atoms with Gasteiger partial charge in [-0.15, -0.1) is 0 Å². The van der Waals surface area contributed by atoms with Crippen LogP contribution in [0.1, 0.15) is 18.1 Å². The molecule has 0 aromatic heterocycles. The van der Waals surface area contributed by atoms with Gasteiger partial charge in [0.15, 0.2) is 0 Å². The second kappa shape index (κ2) is 5.54. The molecule has 0 N–H and O–H groups in total. The first-order valence-corrected chi connectivity index (χ1v) is 4.90. The minimum Gasteiger partial charge on any atom is -0.456 e. The molecule has 18 heavy (non-hydrogen) atoms. The molecule has 0 aliphatic heterocycles. The average molecular weight is 260 g/mol. The number of carbonyl (C=O) groups excluding carboxylic acids is 1. The highest BCUT2D eigenvalue weighted by Gasteiger charge is 2.30. The summed E-state index contributed by atoms with van der Waals surface area (Å²) in [6.07, 6.45) is -4.59. The first kappa shape index (κ1) is 14.0. The van der Waals surface area contributed by atoms with Gasteiger partial charge in [0.25, 0.3) is 0 Å². The molecular formula is C12H8F4O2. The third kappa shape index (κ3) is 3.77. The molecule has 0 fully saturated rings. The number of carbonyl (C=O) groups is 1. The molecule has 2 nitrogen and oxygen atoms in total. The zero-order valence-electron chi connectivity index (χ0n) is 9.27. The van der Waals surface area contributed by atoms with E-state index >= 15 is 0 Å². The summed E-state index contributed by atoms with van der Waals surface area (Å²) in [5.74, 6) is 2.06. The average Bonchev–Trinajstić information content (AvgIpc) is 2.26. The van der Waals surface area contributed by atoms with Gasteiger partial charge >= 0.3 is 12.1 Å². The minimum absolute atomic E-state index is 0.0819. The van der Waals surface area contributed by atoms with E-state index in [9.17, 15) is 22.4 Å². The Balaban J connectivity index is 3.06. The molecule has 0 spiro atoms. The molecule has 6 heteroatoms. The molecule has 0 bridgehead atoms. The monoisotopic (exact) mass is 260 g/mol. The maximum atomic E-state index is 13.2. The number of benzene rings is 1. The fraction of sp³-hybridized carbons (Fsp3) is 0.250. The summed E-state index contributed by atoms with van der Waals surface area (Å²) in [7, 11) is 0. The first-order chi connectivity index (χ1) is 8.34. The lowest BCUT2D eigenvalue weighted by Gasteiger charge is -2.06. The Morgan fingerprint density at radius 1 is 1.39 bits per heavy atom. The lowest BCUT2D eigenvalue weighted by molar-refractivity contribution is -0.138. The maximum absolute atomic E-state index is 13.2. The van der Waals surface area contributed by atoms with Crippen molar-refractivity contribution >= 4 is 5.97 Å². The van der Waals surface area contributed by atoms with E-state index in [1.807, 2.05) is 11.8 Å². The summed E-state index contributed by atoms with van der Waals surface area (Å²) in [5, 5.41) is 0. The largest absolute Gasteiger partial charge is 0.456 e. The Morgan fingerprint density at radius 2 is 2.06 bits per heavy atom. The predicted octanol–water partition coefficient (Wildman–Crippen LogP) is 2.76. The smallest absolute Gasteiger partial charge is 0.416 e. The second-order valence-corrected chi connectivity index (χ2v) is 3.16.